The average molecular weight is 244 g/mol. The fraction of sp³-hybridized carbons (Fsp3) is 0.500. The van der Waals surface area contributed by atoms with E-state index in [2.05, 4.69) is 5.32 Å². The zero-order valence-corrected chi connectivity index (χ0v) is 10.2. The van der Waals surface area contributed by atoms with Crippen molar-refractivity contribution in [1.82, 2.24) is 5.32 Å². The molecule has 1 amide bonds. The van der Waals surface area contributed by atoms with Crippen molar-refractivity contribution in [2.24, 2.45) is 5.73 Å². The number of amides is 1. The lowest BCUT2D eigenvalue weighted by Crippen LogP contribution is -2.43. The van der Waals surface area contributed by atoms with Gasteiger partial charge in [0.1, 0.15) is 6.04 Å². The van der Waals surface area contributed by atoms with Gasteiger partial charge >= 0.3 is 0 Å². The zero-order chi connectivity index (χ0) is 12.0. The number of carbonyl (C=O) groups excluding carboxylic acids is 1. The molecule has 1 atom stereocenters. The maximum atomic E-state index is 11.0. The Balaban J connectivity index is 2.45. The molecule has 5 nitrogen and oxygen atoms in total. The van der Waals surface area contributed by atoms with Crippen molar-refractivity contribution in [2.75, 3.05) is 20.8 Å². The lowest BCUT2D eigenvalue weighted by Gasteiger charge is -2.13. The van der Waals surface area contributed by atoms with Gasteiger partial charge in [-0.1, -0.05) is 0 Å². The summed E-state index contributed by atoms with van der Waals surface area (Å²) in [5.74, 6) is -0.412. The number of hydrogen-bond donors (Lipinski definition) is 2. The number of methoxy groups -OCH3 is 2. The van der Waals surface area contributed by atoms with Crippen LogP contribution < -0.4 is 15.8 Å². The van der Waals surface area contributed by atoms with Crippen LogP contribution in [0, 0.1) is 0 Å². The highest BCUT2D eigenvalue weighted by atomic mass is 32.1. The predicted molar refractivity (Wildman–Crippen MR) is 62.6 cm³/mol. The number of rotatable bonds is 7. The van der Waals surface area contributed by atoms with Crippen LogP contribution in [-0.2, 0) is 16.1 Å². The Hall–Kier alpha value is -1.11. The van der Waals surface area contributed by atoms with E-state index in [0.717, 1.165) is 9.94 Å². The number of nitrogens with two attached hydrogens (primary N) is 1. The van der Waals surface area contributed by atoms with Crippen LogP contribution in [0.15, 0.2) is 12.1 Å². The smallest absolute Gasteiger partial charge is 0.236 e. The molecule has 1 aromatic rings. The molecule has 1 unspecified atom stereocenters. The molecule has 0 fully saturated rings. The van der Waals surface area contributed by atoms with Crippen LogP contribution >= 0.6 is 11.3 Å². The third-order valence-electron chi connectivity index (χ3n) is 2.04. The van der Waals surface area contributed by atoms with Gasteiger partial charge in [-0.15, -0.1) is 11.3 Å². The van der Waals surface area contributed by atoms with Crippen molar-refractivity contribution in [3.8, 4) is 5.06 Å². The Morgan fingerprint density at radius 3 is 2.81 bits per heavy atom. The van der Waals surface area contributed by atoms with Crippen LogP contribution in [-0.4, -0.2) is 32.8 Å². The molecular weight excluding hydrogens is 228 g/mol. The fourth-order valence-corrected chi connectivity index (χ4v) is 1.96. The summed E-state index contributed by atoms with van der Waals surface area (Å²) in [6, 6.07) is 3.37. The third kappa shape index (κ3) is 3.80. The lowest BCUT2D eigenvalue weighted by atomic mass is 10.3. The lowest BCUT2D eigenvalue weighted by molar-refractivity contribution is -0.121. The number of ether oxygens (including phenoxy) is 2. The van der Waals surface area contributed by atoms with E-state index >= 15 is 0 Å². The van der Waals surface area contributed by atoms with Crippen molar-refractivity contribution in [3.05, 3.63) is 17.0 Å². The van der Waals surface area contributed by atoms with Crippen LogP contribution in [0.25, 0.3) is 0 Å². The van der Waals surface area contributed by atoms with Crippen LogP contribution in [0.3, 0.4) is 0 Å². The normalized spacial score (nSPS) is 12.4. The summed E-state index contributed by atoms with van der Waals surface area (Å²) in [5.41, 5.74) is 5.22. The molecule has 0 aliphatic carbocycles. The first-order chi connectivity index (χ1) is 7.67. The van der Waals surface area contributed by atoms with Crippen molar-refractivity contribution < 1.29 is 14.3 Å². The van der Waals surface area contributed by atoms with Gasteiger partial charge in [-0.25, -0.2) is 0 Å². The molecule has 0 spiro atoms. The molecule has 6 heteroatoms. The van der Waals surface area contributed by atoms with Gasteiger partial charge in [-0.05, 0) is 12.1 Å². The van der Waals surface area contributed by atoms with Gasteiger partial charge in [0.05, 0.1) is 13.7 Å². The SMILES string of the molecule is COCC(NCc1ccc(OC)s1)C(N)=O. The maximum Gasteiger partial charge on any atom is 0.236 e. The minimum absolute atomic E-state index is 0.276. The van der Waals surface area contributed by atoms with Crippen molar-refractivity contribution in [1.29, 1.82) is 0 Å². The first kappa shape index (κ1) is 13.0. The summed E-state index contributed by atoms with van der Waals surface area (Å²) in [4.78, 5) is 12.1. The molecule has 1 aromatic heterocycles. The van der Waals surface area contributed by atoms with Crippen molar-refractivity contribution >= 4 is 17.2 Å². The van der Waals surface area contributed by atoms with Gasteiger partial charge in [-0.3, -0.25) is 10.1 Å². The molecule has 0 saturated heterocycles. The molecule has 1 rings (SSSR count). The summed E-state index contributed by atoms with van der Waals surface area (Å²) in [5, 5.41) is 3.88. The number of primary amides is 1. The Kier molecular flexibility index (Phi) is 5.24. The molecular formula is C10H16N2O3S. The molecule has 0 aromatic carbocycles. The number of nitrogens with one attached hydrogen (secondary N) is 1. The van der Waals surface area contributed by atoms with Gasteiger partial charge in [0.15, 0.2) is 5.06 Å². The van der Waals surface area contributed by atoms with E-state index in [9.17, 15) is 4.79 Å². The average Bonchev–Trinajstić information content (AvgIpc) is 2.71. The van der Waals surface area contributed by atoms with E-state index in [1.807, 2.05) is 12.1 Å². The van der Waals surface area contributed by atoms with E-state index in [4.69, 9.17) is 15.2 Å². The number of thiophene rings is 1. The highest BCUT2D eigenvalue weighted by Crippen LogP contribution is 2.23. The van der Waals surface area contributed by atoms with Gasteiger partial charge in [0.2, 0.25) is 5.91 Å². The summed E-state index contributed by atoms with van der Waals surface area (Å²) < 4.78 is 9.97. The van der Waals surface area contributed by atoms with Crippen LogP contribution in [0.5, 0.6) is 5.06 Å². The summed E-state index contributed by atoms with van der Waals surface area (Å²) in [6.07, 6.45) is 0. The topological polar surface area (TPSA) is 73.6 Å². The molecule has 90 valence electrons. The Bertz CT molecular complexity index is 341. The Morgan fingerprint density at radius 2 is 2.31 bits per heavy atom. The van der Waals surface area contributed by atoms with Crippen molar-refractivity contribution in [2.45, 2.75) is 12.6 Å². The van der Waals surface area contributed by atoms with Gasteiger partial charge in [0, 0.05) is 18.5 Å². The quantitative estimate of drug-likeness (QED) is 0.725. The molecule has 1 heterocycles. The van der Waals surface area contributed by atoms with Gasteiger partial charge in [0.25, 0.3) is 0 Å². The first-order valence-corrected chi connectivity index (χ1v) is 5.63. The van der Waals surface area contributed by atoms with Crippen LogP contribution in [0.2, 0.25) is 0 Å². The third-order valence-corrected chi connectivity index (χ3v) is 3.08. The van der Waals surface area contributed by atoms with Crippen LogP contribution in [0.1, 0.15) is 4.88 Å². The molecule has 3 N–H and O–H groups in total. The molecule has 0 bridgehead atoms. The van der Waals surface area contributed by atoms with E-state index in [-0.39, 0.29) is 6.61 Å². The predicted octanol–water partition coefficient (Wildman–Crippen LogP) is 0.347. The second-order valence-corrected chi connectivity index (χ2v) is 4.35. The van der Waals surface area contributed by atoms with E-state index < -0.39 is 11.9 Å². The molecule has 0 aliphatic heterocycles. The largest absolute Gasteiger partial charge is 0.487 e. The summed E-state index contributed by atoms with van der Waals surface area (Å²) in [7, 11) is 3.16. The zero-order valence-electron chi connectivity index (χ0n) is 9.36. The maximum absolute atomic E-state index is 11.0. The summed E-state index contributed by atoms with van der Waals surface area (Å²) >= 11 is 1.53. The van der Waals surface area contributed by atoms with Crippen LogP contribution in [0.4, 0.5) is 0 Å². The van der Waals surface area contributed by atoms with Crippen molar-refractivity contribution in [3.63, 3.8) is 0 Å². The van der Waals surface area contributed by atoms with E-state index in [0.29, 0.717) is 6.54 Å². The monoisotopic (exact) mass is 244 g/mol. The minimum atomic E-state index is -0.460. The second-order valence-electron chi connectivity index (χ2n) is 3.22. The number of hydrogen-bond acceptors (Lipinski definition) is 5. The highest BCUT2D eigenvalue weighted by molar-refractivity contribution is 7.13. The molecule has 0 saturated carbocycles. The molecule has 16 heavy (non-hydrogen) atoms. The summed E-state index contributed by atoms with van der Waals surface area (Å²) in [6.45, 7) is 0.850. The fourth-order valence-electron chi connectivity index (χ4n) is 1.20. The van der Waals surface area contributed by atoms with Gasteiger partial charge in [-0.2, -0.15) is 0 Å². The standard InChI is InChI=1S/C10H16N2O3S/c1-14-6-8(10(11)13)12-5-7-3-4-9(15-2)16-7/h3-4,8,12H,5-6H2,1-2H3,(H2,11,13). The first-order valence-electron chi connectivity index (χ1n) is 4.81. The number of carbonyl (C=O) groups is 1. The van der Waals surface area contributed by atoms with Gasteiger partial charge < -0.3 is 15.2 Å². The molecule has 0 aliphatic rings. The van der Waals surface area contributed by atoms with E-state index in [1.54, 1.807) is 7.11 Å². The Labute approximate surface area is 98.5 Å². The second kappa shape index (κ2) is 6.47. The minimum Gasteiger partial charge on any atom is -0.487 e. The Morgan fingerprint density at radius 1 is 1.56 bits per heavy atom. The highest BCUT2D eigenvalue weighted by Gasteiger charge is 2.14. The molecule has 0 radical (unpaired) electrons. The van der Waals surface area contributed by atoms with E-state index in [1.165, 1.54) is 18.4 Å².